The maximum atomic E-state index is 13.3. The molecule has 0 unspecified atom stereocenters. The molecule has 0 bridgehead atoms. The van der Waals surface area contributed by atoms with E-state index in [0.29, 0.717) is 6.07 Å². The maximum Gasteiger partial charge on any atom is 0.326 e. The fourth-order valence-electron chi connectivity index (χ4n) is 1.30. The Hall–Kier alpha value is -2.24. The van der Waals surface area contributed by atoms with Crippen LogP contribution >= 0.6 is 0 Å². The molecule has 0 spiro atoms. The van der Waals surface area contributed by atoms with Gasteiger partial charge in [-0.15, -0.1) is 6.58 Å². The highest BCUT2D eigenvalue weighted by Gasteiger charge is 2.21. The van der Waals surface area contributed by atoms with E-state index in [4.69, 9.17) is 5.11 Å². The third-order valence-corrected chi connectivity index (χ3v) is 2.18. The molecule has 6 heteroatoms. The van der Waals surface area contributed by atoms with Crippen LogP contribution in [0.2, 0.25) is 0 Å². The molecule has 1 rings (SSSR count). The van der Waals surface area contributed by atoms with E-state index >= 15 is 0 Å². The van der Waals surface area contributed by atoms with Gasteiger partial charge in [-0.3, -0.25) is 4.79 Å². The molecule has 0 fully saturated rings. The number of amides is 1. The van der Waals surface area contributed by atoms with Gasteiger partial charge >= 0.3 is 5.97 Å². The van der Waals surface area contributed by atoms with Crippen LogP contribution in [-0.2, 0) is 4.79 Å². The van der Waals surface area contributed by atoms with E-state index in [1.54, 1.807) is 0 Å². The molecule has 1 aromatic rings. The Kier molecular flexibility index (Phi) is 4.53. The number of carboxylic acid groups (broad SMARTS) is 1. The molecule has 1 amide bonds. The molecule has 18 heavy (non-hydrogen) atoms. The topological polar surface area (TPSA) is 66.4 Å². The van der Waals surface area contributed by atoms with Gasteiger partial charge in [-0.2, -0.15) is 0 Å². The van der Waals surface area contributed by atoms with E-state index < -0.39 is 35.1 Å². The average Bonchev–Trinajstić information content (AvgIpc) is 2.27. The van der Waals surface area contributed by atoms with E-state index in [0.717, 1.165) is 12.1 Å². The molecular weight excluding hydrogens is 244 g/mol. The van der Waals surface area contributed by atoms with Crippen molar-refractivity contribution in [3.8, 4) is 0 Å². The summed E-state index contributed by atoms with van der Waals surface area (Å²) >= 11 is 0. The number of carbonyl (C=O) groups is 2. The largest absolute Gasteiger partial charge is 0.480 e. The predicted molar refractivity (Wildman–Crippen MR) is 60.1 cm³/mol. The average molecular weight is 255 g/mol. The quantitative estimate of drug-likeness (QED) is 0.787. The van der Waals surface area contributed by atoms with Crippen molar-refractivity contribution < 1.29 is 23.5 Å². The first kappa shape index (κ1) is 13.8. The van der Waals surface area contributed by atoms with Crippen LogP contribution in [0.1, 0.15) is 16.8 Å². The van der Waals surface area contributed by atoms with Gasteiger partial charge in [0.25, 0.3) is 5.91 Å². The van der Waals surface area contributed by atoms with Gasteiger partial charge < -0.3 is 10.4 Å². The first-order valence-electron chi connectivity index (χ1n) is 5.05. The van der Waals surface area contributed by atoms with Crippen LogP contribution in [-0.4, -0.2) is 23.0 Å². The van der Waals surface area contributed by atoms with Crippen LogP contribution < -0.4 is 5.32 Å². The molecule has 0 aromatic heterocycles. The van der Waals surface area contributed by atoms with Crippen molar-refractivity contribution in [1.29, 1.82) is 0 Å². The summed E-state index contributed by atoms with van der Waals surface area (Å²) in [7, 11) is 0. The summed E-state index contributed by atoms with van der Waals surface area (Å²) in [6.07, 6.45) is 1.32. The minimum atomic E-state index is -1.26. The van der Waals surface area contributed by atoms with Crippen molar-refractivity contribution in [3.63, 3.8) is 0 Å². The molecule has 0 radical (unpaired) electrons. The minimum Gasteiger partial charge on any atom is -0.480 e. The van der Waals surface area contributed by atoms with Crippen LogP contribution in [0, 0.1) is 11.6 Å². The highest BCUT2D eigenvalue weighted by atomic mass is 19.1. The molecule has 1 atom stereocenters. The Bertz CT molecular complexity index is 488. The highest BCUT2D eigenvalue weighted by Crippen LogP contribution is 2.10. The zero-order chi connectivity index (χ0) is 13.7. The SMILES string of the molecule is C=CC[C@@H](NC(=O)c1ccc(F)cc1F)C(=O)O. The maximum absolute atomic E-state index is 13.3. The minimum absolute atomic E-state index is 0.00386. The van der Waals surface area contributed by atoms with E-state index in [2.05, 4.69) is 11.9 Å². The molecular formula is C12H11F2NO3. The summed E-state index contributed by atoms with van der Waals surface area (Å²) in [5.74, 6) is -4.03. The summed E-state index contributed by atoms with van der Waals surface area (Å²) in [6.45, 7) is 3.35. The van der Waals surface area contributed by atoms with E-state index in [-0.39, 0.29) is 6.42 Å². The standard InChI is InChI=1S/C12H11F2NO3/c1-2-3-10(12(17)18)15-11(16)8-5-4-7(13)6-9(8)14/h2,4-6,10H,1,3H2,(H,15,16)(H,17,18)/t10-/m1/s1. The fourth-order valence-corrected chi connectivity index (χ4v) is 1.30. The summed E-state index contributed by atoms with van der Waals surface area (Å²) in [5, 5.41) is 10.9. The lowest BCUT2D eigenvalue weighted by atomic mass is 10.1. The van der Waals surface area contributed by atoms with Crippen molar-refractivity contribution in [1.82, 2.24) is 5.32 Å². The predicted octanol–water partition coefficient (Wildman–Crippen LogP) is 1.72. The number of nitrogens with one attached hydrogen (secondary N) is 1. The lowest BCUT2D eigenvalue weighted by Gasteiger charge is -2.12. The molecule has 0 aliphatic rings. The molecule has 0 saturated heterocycles. The molecule has 0 heterocycles. The van der Waals surface area contributed by atoms with E-state index in [1.807, 2.05) is 0 Å². The molecule has 4 nitrogen and oxygen atoms in total. The number of carbonyl (C=O) groups excluding carboxylic acids is 1. The number of aliphatic carboxylic acids is 1. The van der Waals surface area contributed by atoms with Gasteiger partial charge in [0.05, 0.1) is 5.56 Å². The zero-order valence-corrected chi connectivity index (χ0v) is 9.32. The number of benzene rings is 1. The summed E-state index contributed by atoms with van der Waals surface area (Å²) in [4.78, 5) is 22.4. The number of hydrogen-bond donors (Lipinski definition) is 2. The lowest BCUT2D eigenvalue weighted by Crippen LogP contribution is -2.40. The van der Waals surface area contributed by atoms with Crippen molar-refractivity contribution in [2.75, 3.05) is 0 Å². The normalized spacial score (nSPS) is 11.7. The number of rotatable bonds is 5. The van der Waals surface area contributed by atoms with Gasteiger partial charge in [-0.25, -0.2) is 13.6 Å². The van der Waals surface area contributed by atoms with Gasteiger partial charge in [0.1, 0.15) is 17.7 Å². The first-order chi connectivity index (χ1) is 8.45. The molecule has 0 aliphatic heterocycles. The van der Waals surface area contributed by atoms with Crippen LogP contribution in [0.15, 0.2) is 30.9 Å². The van der Waals surface area contributed by atoms with Crippen molar-refractivity contribution in [3.05, 3.63) is 48.1 Å². The van der Waals surface area contributed by atoms with Crippen molar-refractivity contribution in [2.24, 2.45) is 0 Å². The highest BCUT2D eigenvalue weighted by molar-refractivity contribution is 5.96. The van der Waals surface area contributed by atoms with Gasteiger partial charge in [0.15, 0.2) is 0 Å². The Morgan fingerprint density at radius 3 is 2.61 bits per heavy atom. The number of carboxylic acids is 1. The second-order valence-electron chi connectivity index (χ2n) is 3.51. The first-order valence-corrected chi connectivity index (χ1v) is 5.05. The van der Waals surface area contributed by atoms with Gasteiger partial charge in [0, 0.05) is 6.07 Å². The third kappa shape index (κ3) is 3.38. The lowest BCUT2D eigenvalue weighted by molar-refractivity contribution is -0.139. The second kappa shape index (κ2) is 5.90. The van der Waals surface area contributed by atoms with Gasteiger partial charge in [-0.1, -0.05) is 6.08 Å². The van der Waals surface area contributed by atoms with Crippen LogP contribution in [0.4, 0.5) is 8.78 Å². The van der Waals surface area contributed by atoms with Crippen LogP contribution in [0.5, 0.6) is 0 Å². The Morgan fingerprint density at radius 1 is 1.44 bits per heavy atom. The Labute approximate surface area is 102 Å². The number of hydrogen-bond acceptors (Lipinski definition) is 2. The van der Waals surface area contributed by atoms with Gasteiger partial charge in [0.2, 0.25) is 0 Å². The molecule has 1 aromatic carbocycles. The third-order valence-electron chi connectivity index (χ3n) is 2.18. The van der Waals surface area contributed by atoms with E-state index in [9.17, 15) is 18.4 Å². The molecule has 0 aliphatic carbocycles. The fraction of sp³-hybridized carbons (Fsp3) is 0.167. The Balaban J connectivity index is 2.86. The summed E-state index contributed by atoms with van der Waals surface area (Å²) < 4.78 is 25.9. The van der Waals surface area contributed by atoms with Crippen LogP contribution in [0.3, 0.4) is 0 Å². The summed E-state index contributed by atoms with van der Waals surface area (Å²) in [6, 6.07) is 1.23. The number of halogens is 2. The zero-order valence-electron chi connectivity index (χ0n) is 9.32. The molecule has 0 saturated carbocycles. The van der Waals surface area contributed by atoms with Gasteiger partial charge in [-0.05, 0) is 18.6 Å². The smallest absolute Gasteiger partial charge is 0.326 e. The van der Waals surface area contributed by atoms with Crippen molar-refractivity contribution >= 4 is 11.9 Å². The Morgan fingerprint density at radius 2 is 2.11 bits per heavy atom. The van der Waals surface area contributed by atoms with Crippen LogP contribution in [0.25, 0.3) is 0 Å². The molecule has 96 valence electrons. The van der Waals surface area contributed by atoms with E-state index in [1.165, 1.54) is 6.08 Å². The summed E-state index contributed by atoms with van der Waals surface area (Å²) in [5.41, 5.74) is -0.410. The second-order valence-corrected chi connectivity index (χ2v) is 3.51. The monoisotopic (exact) mass is 255 g/mol. The van der Waals surface area contributed by atoms with Crippen molar-refractivity contribution in [2.45, 2.75) is 12.5 Å². The molecule has 2 N–H and O–H groups in total.